The molecule has 94 valence electrons. The SMILES string of the molecule is CC[C@H](C)[C@H](N)C(=O)N1CCC(C)C(C)C1. The highest BCUT2D eigenvalue weighted by atomic mass is 16.2. The molecule has 1 heterocycles. The smallest absolute Gasteiger partial charge is 0.239 e. The maximum atomic E-state index is 12.2. The molecule has 0 aromatic carbocycles. The van der Waals surface area contributed by atoms with Crippen LogP contribution < -0.4 is 5.73 Å². The standard InChI is InChI=1S/C13H26N2O/c1-5-9(2)12(14)13(16)15-7-6-10(3)11(4)8-15/h9-12H,5-8,14H2,1-4H3/t9-,10?,11?,12-/m0/s1. The van der Waals surface area contributed by atoms with Gasteiger partial charge in [-0.1, -0.05) is 34.1 Å². The summed E-state index contributed by atoms with van der Waals surface area (Å²) in [5.74, 6) is 1.75. The van der Waals surface area contributed by atoms with E-state index in [-0.39, 0.29) is 17.9 Å². The minimum atomic E-state index is -0.314. The molecular formula is C13H26N2O. The molecule has 4 atom stereocenters. The number of piperidine rings is 1. The highest BCUT2D eigenvalue weighted by Gasteiger charge is 2.30. The summed E-state index contributed by atoms with van der Waals surface area (Å²) < 4.78 is 0. The number of carbonyl (C=O) groups excluding carboxylic acids is 1. The molecule has 0 aromatic rings. The largest absolute Gasteiger partial charge is 0.341 e. The van der Waals surface area contributed by atoms with Crippen LogP contribution in [-0.4, -0.2) is 29.9 Å². The zero-order valence-corrected chi connectivity index (χ0v) is 11.1. The van der Waals surface area contributed by atoms with Gasteiger partial charge in [-0.05, 0) is 24.2 Å². The Morgan fingerprint density at radius 1 is 1.44 bits per heavy atom. The lowest BCUT2D eigenvalue weighted by molar-refractivity contribution is -0.136. The van der Waals surface area contributed by atoms with Gasteiger partial charge in [-0.15, -0.1) is 0 Å². The van der Waals surface area contributed by atoms with Crippen molar-refractivity contribution < 1.29 is 4.79 Å². The topological polar surface area (TPSA) is 46.3 Å². The molecule has 1 fully saturated rings. The Morgan fingerprint density at radius 3 is 2.56 bits per heavy atom. The van der Waals surface area contributed by atoms with Crippen LogP contribution in [0, 0.1) is 17.8 Å². The first kappa shape index (κ1) is 13.5. The van der Waals surface area contributed by atoms with E-state index < -0.39 is 0 Å². The van der Waals surface area contributed by atoms with Crippen molar-refractivity contribution in [3.63, 3.8) is 0 Å². The van der Waals surface area contributed by atoms with Crippen LogP contribution in [0.25, 0.3) is 0 Å². The van der Waals surface area contributed by atoms with Crippen LogP contribution in [0.4, 0.5) is 0 Å². The third kappa shape index (κ3) is 2.97. The molecule has 0 bridgehead atoms. The summed E-state index contributed by atoms with van der Waals surface area (Å²) >= 11 is 0. The van der Waals surface area contributed by atoms with Gasteiger partial charge in [-0.2, -0.15) is 0 Å². The van der Waals surface area contributed by atoms with E-state index in [1.807, 2.05) is 4.90 Å². The van der Waals surface area contributed by atoms with Crippen molar-refractivity contribution in [3.05, 3.63) is 0 Å². The molecule has 1 saturated heterocycles. The van der Waals surface area contributed by atoms with Gasteiger partial charge in [0.2, 0.25) is 5.91 Å². The van der Waals surface area contributed by atoms with Crippen molar-refractivity contribution in [2.45, 2.75) is 46.6 Å². The summed E-state index contributed by atoms with van der Waals surface area (Å²) in [6.07, 6.45) is 2.08. The van der Waals surface area contributed by atoms with E-state index in [1.54, 1.807) is 0 Å². The second-order valence-electron chi connectivity index (χ2n) is 5.44. The van der Waals surface area contributed by atoms with Crippen LogP contribution in [0.3, 0.4) is 0 Å². The molecule has 0 aliphatic carbocycles. The van der Waals surface area contributed by atoms with Gasteiger partial charge in [-0.3, -0.25) is 4.79 Å². The fourth-order valence-corrected chi connectivity index (χ4v) is 2.17. The summed E-state index contributed by atoms with van der Waals surface area (Å²) in [6, 6.07) is -0.314. The maximum absolute atomic E-state index is 12.2. The first-order chi connectivity index (χ1) is 7.47. The van der Waals surface area contributed by atoms with Crippen LogP contribution >= 0.6 is 0 Å². The van der Waals surface area contributed by atoms with E-state index in [1.165, 1.54) is 0 Å². The third-order valence-electron chi connectivity index (χ3n) is 4.19. The molecular weight excluding hydrogens is 200 g/mol. The zero-order chi connectivity index (χ0) is 12.3. The van der Waals surface area contributed by atoms with E-state index in [2.05, 4.69) is 27.7 Å². The highest BCUT2D eigenvalue weighted by Crippen LogP contribution is 2.23. The number of hydrogen-bond acceptors (Lipinski definition) is 2. The van der Waals surface area contributed by atoms with Crippen LogP contribution in [0.5, 0.6) is 0 Å². The summed E-state index contributed by atoms with van der Waals surface area (Å²) in [4.78, 5) is 14.1. The second kappa shape index (κ2) is 5.67. The number of nitrogens with zero attached hydrogens (tertiary/aromatic N) is 1. The van der Waals surface area contributed by atoms with Gasteiger partial charge in [0.25, 0.3) is 0 Å². The van der Waals surface area contributed by atoms with Crippen LogP contribution in [0.2, 0.25) is 0 Å². The number of rotatable bonds is 3. The Hall–Kier alpha value is -0.570. The van der Waals surface area contributed by atoms with E-state index in [9.17, 15) is 4.79 Å². The monoisotopic (exact) mass is 226 g/mol. The zero-order valence-electron chi connectivity index (χ0n) is 11.1. The number of carbonyl (C=O) groups is 1. The molecule has 0 aromatic heterocycles. The molecule has 1 rings (SSSR count). The quantitative estimate of drug-likeness (QED) is 0.798. The average molecular weight is 226 g/mol. The van der Waals surface area contributed by atoms with Crippen molar-refractivity contribution in [2.75, 3.05) is 13.1 Å². The minimum Gasteiger partial charge on any atom is -0.341 e. The van der Waals surface area contributed by atoms with Gasteiger partial charge in [0.05, 0.1) is 6.04 Å². The van der Waals surface area contributed by atoms with Crippen LogP contribution in [0.15, 0.2) is 0 Å². The lowest BCUT2D eigenvalue weighted by Crippen LogP contribution is -2.51. The van der Waals surface area contributed by atoms with Crippen molar-refractivity contribution in [1.82, 2.24) is 4.90 Å². The van der Waals surface area contributed by atoms with Crippen LogP contribution in [-0.2, 0) is 4.79 Å². The first-order valence-electron chi connectivity index (χ1n) is 6.51. The Morgan fingerprint density at radius 2 is 2.06 bits per heavy atom. The lowest BCUT2D eigenvalue weighted by atomic mass is 9.88. The highest BCUT2D eigenvalue weighted by molar-refractivity contribution is 5.82. The Balaban J connectivity index is 2.55. The van der Waals surface area contributed by atoms with Crippen LogP contribution in [0.1, 0.15) is 40.5 Å². The van der Waals surface area contributed by atoms with Crippen molar-refractivity contribution in [1.29, 1.82) is 0 Å². The number of nitrogens with two attached hydrogens (primary N) is 1. The first-order valence-corrected chi connectivity index (χ1v) is 6.51. The normalized spacial score (nSPS) is 29.9. The van der Waals surface area contributed by atoms with E-state index in [0.717, 1.165) is 31.8 Å². The van der Waals surface area contributed by atoms with Gasteiger partial charge >= 0.3 is 0 Å². The Kier molecular flexibility index (Phi) is 4.78. The predicted octanol–water partition coefficient (Wildman–Crippen LogP) is 1.86. The molecule has 16 heavy (non-hydrogen) atoms. The molecule has 2 N–H and O–H groups in total. The van der Waals surface area contributed by atoms with E-state index >= 15 is 0 Å². The van der Waals surface area contributed by atoms with Gasteiger partial charge in [0.1, 0.15) is 0 Å². The van der Waals surface area contributed by atoms with Gasteiger partial charge in [0, 0.05) is 13.1 Å². The Bertz CT molecular complexity index is 242. The molecule has 3 heteroatoms. The molecule has 1 amide bonds. The van der Waals surface area contributed by atoms with Crippen molar-refractivity contribution in [2.24, 2.45) is 23.5 Å². The van der Waals surface area contributed by atoms with E-state index in [0.29, 0.717) is 5.92 Å². The lowest BCUT2D eigenvalue weighted by Gasteiger charge is -2.37. The molecule has 0 spiro atoms. The fraction of sp³-hybridized carbons (Fsp3) is 0.923. The summed E-state index contributed by atoms with van der Waals surface area (Å²) in [5.41, 5.74) is 5.99. The van der Waals surface area contributed by atoms with Gasteiger partial charge in [-0.25, -0.2) is 0 Å². The number of likely N-dealkylation sites (tertiary alicyclic amines) is 1. The van der Waals surface area contributed by atoms with Crippen molar-refractivity contribution in [3.8, 4) is 0 Å². The molecule has 1 aliphatic heterocycles. The van der Waals surface area contributed by atoms with Gasteiger partial charge in [0.15, 0.2) is 0 Å². The average Bonchev–Trinajstić information content (AvgIpc) is 2.29. The minimum absolute atomic E-state index is 0.146. The molecule has 0 saturated carbocycles. The predicted molar refractivity (Wildman–Crippen MR) is 67.0 cm³/mol. The summed E-state index contributed by atoms with van der Waals surface area (Å²) in [6.45, 7) is 10.4. The number of amides is 1. The molecule has 3 nitrogen and oxygen atoms in total. The molecule has 0 radical (unpaired) electrons. The summed E-state index contributed by atoms with van der Waals surface area (Å²) in [5, 5.41) is 0. The fourth-order valence-electron chi connectivity index (χ4n) is 2.17. The Labute approximate surface area is 99.4 Å². The molecule has 2 unspecified atom stereocenters. The third-order valence-corrected chi connectivity index (χ3v) is 4.19. The van der Waals surface area contributed by atoms with E-state index in [4.69, 9.17) is 5.73 Å². The summed E-state index contributed by atoms with van der Waals surface area (Å²) in [7, 11) is 0. The van der Waals surface area contributed by atoms with Gasteiger partial charge < -0.3 is 10.6 Å². The molecule has 1 aliphatic rings. The van der Waals surface area contributed by atoms with Crippen molar-refractivity contribution >= 4 is 5.91 Å². The number of hydrogen-bond donors (Lipinski definition) is 1. The second-order valence-corrected chi connectivity index (χ2v) is 5.44. The maximum Gasteiger partial charge on any atom is 0.239 e.